The van der Waals surface area contributed by atoms with Gasteiger partial charge in [0.1, 0.15) is 11.3 Å². The minimum atomic E-state index is -0.358. The third kappa shape index (κ3) is 3.86. The second-order valence-corrected chi connectivity index (χ2v) is 6.53. The molecule has 0 radical (unpaired) electrons. The standard InChI is InChI=1S/C20H20ClNO3/c1-13(14-4-6-16(21)7-5-14)22(2)12-15-10-20(23)25-19-11-17(24-3)8-9-18(15)19/h4-11,13H,12H2,1-3H3. The molecular formula is C20H20ClNO3. The summed E-state index contributed by atoms with van der Waals surface area (Å²) in [7, 11) is 3.62. The van der Waals surface area contributed by atoms with Crippen LogP contribution in [-0.4, -0.2) is 19.1 Å². The Bertz CT molecular complexity index is 934. The van der Waals surface area contributed by atoms with Gasteiger partial charge in [-0.05, 0) is 49.4 Å². The summed E-state index contributed by atoms with van der Waals surface area (Å²) in [4.78, 5) is 14.1. The molecule has 3 rings (SSSR count). The first kappa shape index (κ1) is 17.5. The van der Waals surface area contributed by atoms with E-state index in [1.54, 1.807) is 19.2 Å². The number of halogens is 1. The molecule has 0 bridgehead atoms. The van der Waals surface area contributed by atoms with Crippen molar-refractivity contribution in [2.45, 2.75) is 19.5 Å². The number of hydrogen-bond acceptors (Lipinski definition) is 4. The molecule has 1 unspecified atom stereocenters. The maximum atomic E-state index is 11.9. The Morgan fingerprint density at radius 2 is 1.88 bits per heavy atom. The van der Waals surface area contributed by atoms with Gasteiger partial charge < -0.3 is 9.15 Å². The lowest BCUT2D eigenvalue weighted by molar-refractivity contribution is 0.253. The first-order valence-electron chi connectivity index (χ1n) is 8.04. The molecule has 0 saturated carbocycles. The van der Waals surface area contributed by atoms with Crippen LogP contribution in [0.25, 0.3) is 11.0 Å². The molecule has 5 heteroatoms. The van der Waals surface area contributed by atoms with Crippen LogP contribution in [0.5, 0.6) is 5.75 Å². The zero-order valence-corrected chi connectivity index (χ0v) is 15.2. The Hall–Kier alpha value is -2.30. The molecule has 25 heavy (non-hydrogen) atoms. The van der Waals surface area contributed by atoms with Gasteiger partial charge >= 0.3 is 5.63 Å². The van der Waals surface area contributed by atoms with Gasteiger partial charge in [-0.1, -0.05) is 23.7 Å². The molecule has 0 aliphatic heterocycles. The smallest absolute Gasteiger partial charge is 0.336 e. The maximum Gasteiger partial charge on any atom is 0.336 e. The summed E-state index contributed by atoms with van der Waals surface area (Å²) in [6.45, 7) is 2.75. The van der Waals surface area contributed by atoms with Gasteiger partial charge in [-0.3, -0.25) is 4.90 Å². The summed E-state index contributed by atoms with van der Waals surface area (Å²) in [6, 6.07) is 15.1. The summed E-state index contributed by atoms with van der Waals surface area (Å²) in [5.41, 5.74) is 2.27. The molecule has 1 heterocycles. The predicted octanol–water partition coefficient (Wildman–Crippen LogP) is 4.65. The van der Waals surface area contributed by atoms with E-state index in [2.05, 4.69) is 11.8 Å². The Morgan fingerprint density at radius 1 is 1.16 bits per heavy atom. The van der Waals surface area contributed by atoms with Gasteiger partial charge in [-0.2, -0.15) is 0 Å². The van der Waals surface area contributed by atoms with Crippen molar-refractivity contribution < 1.29 is 9.15 Å². The zero-order valence-electron chi connectivity index (χ0n) is 14.5. The van der Waals surface area contributed by atoms with E-state index in [0.29, 0.717) is 17.9 Å². The quantitative estimate of drug-likeness (QED) is 0.623. The molecule has 1 atom stereocenters. The van der Waals surface area contributed by atoms with E-state index in [1.165, 1.54) is 5.56 Å². The summed E-state index contributed by atoms with van der Waals surface area (Å²) in [5.74, 6) is 0.663. The second kappa shape index (κ2) is 7.30. The summed E-state index contributed by atoms with van der Waals surface area (Å²) in [6.07, 6.45) is 0. The van der Waals surface area contributed by atoms with E-state index < -0.39 is 0 Å². The molecule has 0 fully saturated rings. The average Bonchev–Trinajstić information content (AvgIpc) is 2.61. The van der Waals surface area contributed by atoms with Crippen LogP contribution in [0.3, 0.4) is 0 Å². The van der Waals surface area contributed by atoms with Crippen LogP contribution in [0.15, 0.2) is 57.7 Å². The monoisotopic (exact) mass is 357 g/mol. The molecule has 2 aromatic carbocycles. The Morgan fingerprint density at radius 3 is 2.56 bits per heavy atom. The van der Waals surface area contributed by atoms with E-state index in [1.807, 2.05) is 43.4 Å². The topological polar surface area (TPSA) is 42.7 Å². The highest BCUT2D eigenvalue weighted by atomic mass is 35.5. The van der Waals surface area contributed by atoms with Crippen LogP contribution >= 0.6 is 11.6 Å². The minimum Gasteiger partial charge on any atom is -0.497 e. The van der Waals surface area contributed by atoms with Gasteiger partial charge in [0.2, 0.25) is 0 Å². The fourth-order valence-electron chi connectivity index (χ4n) is 2.87. The van der Waals surface area contributed by atoms with Crippen molar-refractivity contribution in [3.8, 4) is 5.75 Å². The fourth-order valence-corrected chi connectivity index (χ4v) is 3.00. The highest BCUT2D eigenvalue weighted by Gasteiger charge is 2.15. The molecule has 0 saturated heterocycles. The van der Waals surface area contributed by atoms with Crippen molar-refractivity contribution >= 4 is 22.6 Å². The number of nitrogens with zero attached hydrogens (tertiary/aromatic N) is 1. The summed E-state index contributed by atoms with van der Waals surface area (Å²) < 4.78 is 10.5. The molecule has 3 aromatic rings. The Kier molecular flexibility index (Phi) is 5.11. The van der Waals surface area contributed by atoms with Gasteiger partial charge in [0.15, 0.2) is 0 Å². The molecule has 0 N–H and O–H groups in total. The van der Waals surface area contributed by atoms with Crippen molar-refractivity contribution in [1.82, 2.24) is 4.90 Å². The third-order valence-corrected chi connectivity index (χ3v) is 4.72. The van der Waals surface area contributed by atoms with Crippen LogP contribution in [0, 0.1) is 0 Å². The van der Waals surface area contributed by atoms with Gasteiger partial charge in [-0.25, -0.2) is 4.79 Å². The zero-order chi connectivity index (χ0) is 18.0. The Labute approximate surface area is 151 Å². The predicted molar refractivity (Wildman–Crippen MR) is 100 cm³/mol. The van der Waals surface area contributed by atoms with Crippen LogP contribution < -0.4 is 10.4 Å². The van der Waals surface area contributed by atoms with Crippen molar-refractivity contribution in [2.75, 3.05) is 14.2 Å². The van der Waals surface area contributed by atoms with E-state index in [9.17, 15) is 4.79 Å². The first-order valence-corrected chi connectivity index (χ1v) is 8.42. The van der Waals surface area contributed by atoms with Crippen molar-refractivity contribution in [1.29, 1.82) is 0 Å². The van der Waals surface area contributed by atoms with Crippen LogP contribution in [0.4, 0.5) is 0 Å². The van der Waals surface area contributed by atoms with E-state index in [4.69, 9.17) is 20.8 Å². The van der Waals surface area contributed by atoms with Gasteiger partial charge in [0.25, 0.3) is 0 Å². The van der Waals surface area contributed by atoms with Crippen LogP contribution in [-0.2, 0) is 6.54 Å². The van der Waals surface area contributed by atoms with E-state index in [0.717, 1.165) is 16.0 Å². The normalized spacial score (nSPS) is 12.5. The first-order chi connectivity index (χ1) is 12.0. The van der Waals surface area contributed by atoms with E-state index >= 15 is 0 Å². The van der Waals surface area contributed by atoms with E-state index in [-0.39, 0.29) is 11.7 Å². The van der Waals surface area contributed by atoms with Crippen molar-refractivity contribution in [3.63, 3.8) is 0 Å². The van der Waals surface area contributed by atoms with Crippen LogP contribution in [0.1, 0.15) is 24.1 Å². The number of ether oxygens (including phenoxy) is 1. The number of fused-ring (bicyclic) bond motifs is 1. The number of methoxy groups -OCH3 is 1. The fraction of sp³-hybridized carbons (Fsp3) is 0.250. The highest BCUT2D eigenvalue weighted by Crippen LogP contribution is 2.26. The molecule has 0 amide bonds. The number of rotatable bonds is 5. The average molecular weight is 358 g/mol. The second-order valence-electron chi connectivity index (χ2n) is 6.10. The Balaban J connectivity index is 1.91. The molecule has 0 aliphatic carbocycles. The molecule has 0 spiro atoms. The lowest BCUT2D eigenvalue weighted by Crippen LogP contribution is -2.22. The molecule has 130 valence electrons. The van der Waals surface area contributed by atoms with Gasteiger partial charge in [0, 0.05) is 35.1 Å². The maximum absolute atomic E-state index is 11.9. The minimum absolute atomic E-state index is 0.179. The van der Waals surface area contributed by atoms with Crippen molar-refractivity contribution in [3.05, 3.63) is 75.1 Å². The van der Waals surface area contributed by atoms with Crippen LogP contribution in [0.2, 0.25) is 5.02 Å². The molecule has 0 aliphatic rings. The molecule has 4 nitrogen and oxygen atoms in total. The number of benzene rings is 2. The van der Waals surface area contributed by atoms with Gasteiger partial charge in [0.05, 0.1) is 7.11 Å². The lowest BCUT2D eigenvalue weighted by Gasteiger charge is -2.25. The molecule has 1 aromatic heterocycles. The lowest BCUT2D eigenvalue weighted by atomic mass is 10.1. The SMILES string of the molecule is COc1ccc2c(CN(C)C(C)c3ccc(Cl)cc3)cc(=O)oc2c1. The largest absolute Gasteiger partial charge is 0.497 e. The van der Waals surface area contributed by atoms with Gasteiger partial charge in [-0.15, -0.1) is 0 Å². The summed E-state index contributed by atoms with van der Waals surface area (Å²) >= 11 is 5.96. The number of hydrogen-bond donors (Lipinski definition) is 0. The third-order valence-electron chi connectivity index (χ3n) is 4.47. The summed E-state index contributed by atoms with van der Waals surface area (Å²) in [5, 5.41) is 1.63. The molecular weight excluding hydrogens is 338 g/mol. The van der Waals surface area contributed by atoms with Crippen molar-refractivity contribution in [2.24, 2.45) is 0 Å². The highest BCUT2D eigenvalue weighted by molar-refractivity contribution is 6.30.